The van der Waals surface area contributed by atoms with E-state index in [-0.39, 0.29) is 25.4 Å². The summed E-state index contributed by atoms with van der Waals surface area (Å²) in [5.41, 5.74) is 0. The highest BCUT2D eigenvalue weighted by Crippen LogP contribution is 2.09. The van der Waals surface area contributed by atoms with Crippen LogP contribution in [0.25, 0.3) is 0 Å². The minimum Gasteiger partial charge on any atom is -0.462 e. The summed E-state index contributed by atoms with van der Waals surface area (Å²) in [6, 6.07) is 0. The number of hydrogen-bond acceptors (Lipinski definition) is 6. The SMILES string of the molecule is CCC(C(=O)OCC(C)OC)C(=O)OCC(C)OC. The number of rotatable bonds is 9. The van der Waals surface area contributed by atoms with Gasteiger partial charge in [0.05, 0.1) is 12.2 Å². The van der Waals surface area contributed by atoms with Crippen LogP contribution in [0.15, 0.2) is 0 Å². The Balaban J connectivity index is 4.23. The summed E-state index contributed by atoms with van der Waals surface area (Å²) in [5.74, 6) is -2.06. The third-order valence-electron chi connectivity index (χ3n) is 2.70. The highest BCUT2D eigenvalue weighted by atomic mass is 16.6. The zero-order chi connectivity index (χ0) is 14.8. The van der Waals surface area contributed by atoms with Gasteiger partial charge in [-0.15, -0.1) is 0 Å². The van der Waals surface area contributed by atoms with Gasteiger partial charge in [0.15, 0.2) is 5.92 Å². The number of esters is 2. The van der Waals surface area contributed by atoms with E-state index in [1.165, 1.54) is 14.2 Å². The molecule has 0 aliphatic carbocycles. The molecule has 19 heavy (non-hydrogen) atoms. The topological polar surface area (TPSA) is 71.1 Å². The van der Waals surface area contributed by atoms with Crippen LogP contribution >= 0.6 is 0 Å². The van der Waals surface area contributed by atoms with Gasteiger partial charge in [-0.2, -0.15) is 0 Å². The lowest BCUT2D eigenvalue weighted by atomic mass is 10.1. The van der Waals surface area contributed by atoms with E-state index in [4.69, 9.17) is 18.9 Å². The van der Waals surface area contributed by atoms with Crippen LogP contribution in [0.5, 0.6) is 0 Å². The van der Waals surface area contributed by atoms with Gasteiger partial charge in [0.25, 0.3) is 0 Å². The Bertz CT molecular complexity index is 252. The fourth-order valence-corrected chi connectivity index (χ4v) is 1.17. The Morgan fingerprint density at radius 3 is 1.53 bits per heavy atom. The van der Waals surface area contributed by atoms with Gasteiger partial charge in [0.1, 0.15) is 13.2 Å². The molecule has 0 heterocycles. The Kier molecular flexibility index (Phi) is 9.16. The van der Waals surface area contributed by atoms with E-state index in [1.54, 1.807) is 20.8 Å². The number of carbonyl (C=O) groups is 2. The van der Waals surface area contributed by atoms with E-state index in [9.17, 15) is 9.59 Å². The van der Waals surface area contributed by atoms with E-state index in [2.05, 4.69) is 0 Å². The maximum atomic E-state index is 11.7. The average Bonchev–Trinajstić information content (AvgIpc) is 2.42. The van der Waals surface area contributed by atoms with E-state index >= 15 is 0 Å². The van der Waals surface area contributed by atoms with Crippen molar-refractivity contribution in [3.63, 3.8) is 0 Å². The molecule has 112 valence electrons. The largest absolute Gasteiger partial charge is 0.462 e. The lowest BCUT2D eigenvalue weighted by molar-refractivity contribution is -0.165. The summed E-state index contributed by atoms with van der Waals surface area (Å²) in [5, 5.41) is 0. The number of hydrogen-bond donors (Lipinski definition) is 0. The van der Waals surface area contributed by atoms with Crippen molar-refractivity contribution in [3.05, 3.63) is 0 Å². The summed E-state index contributed by atoms with van der Waals surface area (Å²) in [6.45, 7) is 5.51. The van der Waals surface area contributed by atoms with Crippen molar-refractivity contribution in [2.75, 3.05) is 27.4 Å². The van der Waals surface area contributed by atoms with Crippen molar-refractivity contribution in [1.29, 1.82) is 0 Å². The highest BCUT2D eigenvalue weighted by Gasteiger charge is 2.28. The van der Waals surface area contributed by atoms with Crippen LogP contribution in [0.4, 0.5) is 0 Å². The first-order valence-electron chi connectivity index (χ1n) is 6.35. The third kappa shape index (κ3) is 7.12. The molecule has 6 heteroatoms. The molecule has 2 atom stereocenters. The first-order chi connectivity index (χ1) is 8.96. The van der Waals surface area contributed by atoms with E-state index in [1.807, 2.05) is 0 Å². The Morgan fingerprint density at radius 1 is 0.895 bits per heavy atom. The fraction of sp³-hybridized carbons (Fsp3) is 0.846. The zero-order valence-corrected chi connectivity index (χ0v) is 12.3. The maximum Gasteiger partial charge on any atom is 0.320 e. The average molecular weight is 276 g/mol. The second-order valence-corrected chi connectivity index (χ2v) is 4.31. The van der Waals surface area contributed by atoms with E-state index < -0.39 is 17.9 Å². The van der Waals surface area contributed by atoms with Gasteiger partial charge >= 0.3 is 11.9 Å². The molecule has 0 radical (unpaired) electrons. The van der Waals surface area contributed by atoms with Gasteiger partial charge in [-0.05, 0) is 20.3 Å². The van der Waals surface area contributed by atoms with E-state index in [0.29, 0.717) is 6.42 Å². The second-order valence-electron chi connectivity index (χ2n) is 4.31. The van der Waals surface area contributed by atoms with Crippen molar-refractivity contribution < 1.29 is 28.5 Å². The quantitative estimate of drug-likeness (QED) is 0.465. The van der Waals surface area contributed by atoms with E-state index in [0.717, 1.165) is 0 Å². The fourth-order valence-electron chi connectivity index (χ4n) is 1.17. The first kappa shape index (κ1) is 17.9. The molecule has 0 bridgehead atoms. The second kappa shape index (κ2) is 9.75. The van der Waals surface area contributed by atoms with Crippen molar-refractivity contribution in [2.45, 2.75) is 39.4 Å². The molecule has 0 saturated carbocycles. The van der Waals surface area contributed by atoms with Crippen LogP contribution in [0.2, 0.25) is 0 Å². The molecule has 0 aromatic carbocycles. The summed E-state index contributed by atoms with van der Waals surface area (Å²) in [6.07, 6.45) is -0.0719. The van der Waals surface area contributed by atoms with Crippen LogP contribution in [-0.4, -0.2) is 51.6 Å². The van der Waals surface area contributed by atoms with Gasteiger partial charge in [0.2, 0.25) is 0 Å². The first-order valence-corrected chi connectivity index (χ1v) is 6.35. The molecule has 2 unspecified atom stereocenters. The van der Waals surface area contributed by atoms with Gasteiger partial charge in [-0.3, -0.25) is 9.59 Å². The minimum atomic E-state index is -0.895. The smallest absolute Gasteiger partial charge is 0.320 e. The lowest BCUT2D eigenvalue weighted by Gasteiger charge is -2.16. The van der Waals surface area contributed by atoms with Crippen LogP contribution in [0.3, 0.4) is 0 Å². The molecule has 6 nitrogen and oxygen atoms in total. The molecule has 0 amide bonds. The van der Waals surface area contributed by atoms with Crippen molar-refractivity contribution in [2.24, 2.45) is 5.92 Å². The standard InChI is InChI=1S/C13H24O6/c1-6-11(12(14)18-7-9(2)16-4)13(15)19-8-10(3)17-5/h9-11H,6-8H2,1-5H3. The van der Waals surface area contributed by atoms with Crippen molar-refractivity contribution in [3.8, 4) is 0 Å². The number of methoxy groups -OCH3 is 2. The van der Waals surface area contributed by atoms with Gasteiger partial charge in [-0.1, -0.05) is 6.92 Å². The van der Waals surface area contributed by atoms with Crippen molar-refractivity contribution in [1.82, 2.24) is 0 Å². The molecule has 0 spiro atoms. The normalized spacial score (nSPS) is 15.4. The lowest BCUT2D eigenvalue weighted by Crippen LogP contribution is -2.31. The summed E-state index contributed by atoms with van der Waals surface area (Å²) >= 11 is 0. The van der Waals surface area contributed by atoms with Crippen LogP contribution in [-0.2, 0) is 28.5 Å². The Morgan fingerprint density at radius 2 is 1.26 bits per heavy atom. The molecule has 0 saturated heterocycles. The minimum absolute atomic E-state index is 0.119. The predicted molar refractivity (Wildman–Crippen MR) is 68.6 cm³/mol. The van der Waals surface area contributed by atoms with Crippen molar-refractivity contribution >= 4 is 11.9 Å². The molecular formula is C13H24O6. The monoisotopic (exact) mass is 276 g/mol. The van der Waals surface area contributed by atoms with Crippen LogP contribution in [0, 0.1) is 5.92 Å². The molecule has 0 aliphatic heterocycles. The maximum absolute atomic E-state index is 11.7. The predicted octanol–water partition coefficient (Wildman–Crippen LogP) is 1.17. The summed E-state index contributed by atoms with van der Waals surface area (Å²) in [7, 11) is 3.05. The molecule has 0 aromatic heterocycles. The van der Waals surface area contributed by atoms with Crippen LogP contribution < -0.4 is 0 Å². The van der Waals surface area contributed by atoms with Crippen LogP contribution in [0.1, 0.15) is 27.2 Å². The molecule has 0 aromatic rings. The third-order valence-corrected chi connectivity index (χ3v) is 2.70. The molecule has 0 aliphatic rings. The Hall–Kier alpha value is -1.14. The highest BCUT2D eigenvalue weighted by molar-refractivity contribution is 5.94. The summed E-state index contributed by atoms with van der Waals surface area (Å²) in [4.78, 5) is 23.5. The van der Waals surface area contributed by atoms with Gasteiger partial charge in [0, 0.05) is 14.2 Å². The molecule has 0 fully saturated rings. The number of carbonyl (C=O) groups excluding carboxylic acids is 2. The molecule has 0 rings (SSSR count). The van der Waals surface area contributed by atoms with Gasteiger partial charge < -0.3 is 18.9 Å². The number of ether oxygens (including phenoxy) is 4. The summed E-state index contributed by atoms with van der Waals surface area (Å²) < 4.78 is 19.9. The van der Waals surface area contributed by atoms with Gasteiger partial charge in [-0.25, -0.2) is 0 Å². The molecule has 0 N–H and O–H groups in total. The Labute approximate surface area is 114 Å². The zero-order valence-electron chi connectivity index (χ0n) is 12.3. The molecular weight excluding hydrogens is 252 g/mol.